The first kappa shape index (κ1) is 13.4. The SMILES string of the molecule is C.C.Cc1ccccc1-c1ccccc1. The van der Waals surface area contributed by atoms with Crippen molar-refractivity contribution in [2.75, 3.05) is 0 Å². The summed E-state index contributed by atoms with van der Waals surface area (Å²) in [7, 11) is 0. The second-order valence-corrected chi connectivity index (χ2v) is 3.18. The zero-order chi connectivity index (χ0) is 9.10. The van der Waals surface area contributed by atoms with Crippen molar-refractivity contribution in [2.24, 2.45) is 0 Å². The molecule has 0 heteroatoms. The largest absolute Gasteiger partial charge is 0.0776 e. The van der Waals surface area contributed by atoms with E-state index >= 15 is 0 Å². The molecule has 2 aromatic rings. The highest BCUT2D eigenvalue weighted by atomic mass is 14.0. The fourth-order valence-corrected chi connectivity index (χ4v) is 1.51. The molecule has 0 nitrogen and oxygen atoms in total. The van der Waals surface area contributed by atoms with Gasteiger partial charge in [-0.2, -0.15) is 0 Å². The second kappa shape index (κ2) is 6.02. The zero-order valence-corrected chi connectivity index (χ0v) is 7.70. The molecule has 0 aliphatic rings. The third kappa shape index (κ3) is 2.95. The van der Waals surface area contributed by atoms with E-state index < -0.39 is 0 Å². The Balaban J connectivity index is 0.000000980. The van der Waals surface area contributed by atoms with E-state index in [-0.39, 0.29) is 14.9 Å². The maximum Gasteiger partial charge on any atom is -0.0155 e. The Morgan fingerprint density at radius 3 is 1.80 bits per heavy atom. The van der Waals surface area contributed by atoms with Crippen LogP contribution in [0, 0.1) is 6.92 Å². The smallest absolute Gasteiger partial charge is 0.0155 e. The number of benzene rings is 2. The molecule has 0 amide bonds. The van der Waals surface area contributed by atoms with Crippen LogP contribution in [-0.4, -0.2) is 0 Å². The summed E-state index contributed by atoms with van der Waals surface area (Å²) in [6, 6.07) is 18.9. The molecule has 0 spiro atoms. The van der Waals surface area contributed by atoms with Gasteiger partial charge < -0.3 is 0 Å². The van der Waals surface area contributed by atoms with Crippen LogP contribution in [0.4, 0.5) is 0 Å². The first-order valence-corrected chi connectivity index (χ1v) is 4.49. The molecule has 0 heterocycles. The van der Waals surface area contributed by atoms with Gasteiger partial charge in [0.15, 0.2) is 0 Å². The maximum absolute atomic E-state index is 2.16. The van der Waals surface area contributed by atoms with Crippen LogP contribution in [0.15, 0.2) is 54.6 Å². The Kier molecular flexibility index (Phi) is 5.40. The van der Waals surface area contributed by atoms with Gasteiger partial charge in [0.25, 0.3) is 0 Å². The van der Waals surface area contributed by atoms with Crippen molar-refractivity contribution < 1.29 is 0 Å². The van der Waals surface area contributed by atoms with Crippen LogP contribution in [0.2, 0.25) is 0 Å². The van der Waals surface area contributed by atoms with E-state index in [0.29, 0.717) is 0 Å². The van der Waals surface area contributed by atoms with Crippen molar-refractivity contribution in [1.82, 2.24) is 0 Å². The van der Waals surface area contributed by atoms with Crippen LogP contribution in [0.1, 0.15) is 20.4 Å². The Morgan fingerprint density at radius 2 is 1.20 bits per heavy atom. The molecule has 0 aliphatic heterocycles. The Hall–Kier alpha value is -1.56. The average molecular weight is 200 g/mol. The number of rotatable bonds is 1. The van der Waals surface area contributed by atoms with Crippen molar-refractivity contribution in [1.29, 1.82) is 0 Å². The van der Waals surface area contributed by atoms with Crippen molar-refractivity contribution in [3.8, 4) is 11.1 Å². The standard InChI is InChI=1S/C13H12.2CH4/c1-11-7-5-6-10-13(11)12-8-3-2-4-9-12;;/h2-10H,1H3;2*1H4. The lowest BCUT2D eigenvalue weighted by atomic mass is 10.0. The fourth-order valence-electron chi connectivity index (χ4n) is 1.51. The summed E-state index contributed by atoms with van der Waals surface area (Å²) < 4.78 is 0. The summed E-state index contributed by atoms with van der Waals surface area (Å²) in [4.78, 5) is 0. The van der Waals surface area contributed by atoms with Crippen molar-refractivity contribution in [3.05, 3.63) is 60.2 Å². The summed E-state index contributed by atoms with van der Waals surface area (Å²) in [5.74, 6) is 0. The normalized spacial score (nSPS) is 8.60. The quantitative estimate of drug-likeness (QED) is 0.612. The lowest BCUT2D eigenvalue weighted by Crippen LogP contribution is -1.80. The van der Waals surface area contributed by atoms with E-state index in [0.717, 1.165) is 0 Å². The van der Waals surface area contributed by atoms with Crippen molar-refractivity contribution in [3.63, 3.8) is 0 Å². The van der Waals surface area contributed by atoms with Gasteiger partial charge in [-0.3, -0.25) is 0 Å². The molecule has 0 bridgehead atoms. The van der Waals surface area contributed by atoms with E-state index in [2.05, 4.69) is 55.5 Å². The highest BCUT2D eigenvalue weighted by molar-refractivity contribution is 5.66. The highest BCUT2D eigenvalue weighted by Gasteiger charge is 1.97. The molecule has 0 N–H and O–H groups in total. The molecule has 15 heavy (non-hydrogen) atoms. The summed E-state index contributed by atoms with van der Waals surface area (Å²) in [5, 5.41) is 0. The Morgan fingerprint density at radius 1 is 0.667 bits per heavy atom. The Labute approximate surface area is 93.6 Å². The van der Waals surface area contributed by atoms with Crippen LogP contribution in [0.5, 0.6) is 0 Å². The van der Waals surface area contributed by atoms with E-state index in [4.69, 9.17) is 0 Å². The maximum atomic E-state index is 2.16. The lowest BCUT2D eigenvalue weighted by Gasteiger charge is -2.04. The molecule has 0 aliphatic carbocycles. The van der Waals surface area contributed by atoms with E-state index in [1.807, 2.05) is 6.07 Å². The fraction of sp³-hybridized carbons (Fsp3) is 0.200. The van der Waals surface area contributed by atoms with Gasteiger partial charge in [0.1, 0.15) is 0 Å². The predicted octanol–water partition coefficient (Wildman–Crippen LogP) is 4.93. The summed E-state index contributed by atoms with van der Waals surface area (Å²) >= 11 is 0. The van der Waals surface area contributed by atoms with Gasteiger partial charge in [-0.1, -0.05) is 69.5 Å². The molecule has 2 aromatic carbocycles. The molecule has 2 rings (SSSR count). The zero-order valence-electron chi connectivity index (χ0n) is 7.70. The van der Waals surface area contributed by atoms with Crippen LogP contribution >= 0.6 is 0 Å². The van der Waals surface area contributed by atoms with Gasteiger partial charge in [0.05, 0.1) is 0 Å². The van der Waals surface area contributed by atoms with Gasteiger partial charge in [0.2, 0.25) is 0 Å². The van der Waals surface area contributed by atoms with Crippen LogP contribution in [0.25, 0.3) is 11.1 Å². The van der Waals surface area contributed by atoms with E-state index in [9.17, 15) is 0 Å². The Bertz CT molecular complexity index is 388. The number of hydrogen-bond donors (Lipinski definition) is 0. The minimum Gasteiger partial charge on any atom is -0.0776 e. The third-order valence-electron chi connectivity index (χ3n) is 2.23. The van der Waals surface area contributed by atoms with Gasteiger partial charge in [-0.05, 0) is 23.6 Å². The third-order valence-corrected chi connectivity index (χ3v) is 2.23. The van der Waals surface area contributed by atoms with E-state index in [1.165, 1.54) is 16.7 Å². The highest BCUT2D eigenvalue weighted by Crippen LogP contribution is 2.21. The molecular formula is C15H20. The molecular weight excluding hydrogens is 180 g/mol. The van der Waals surface area contributed by atoms with Gasteiger partial charge >= 0.3 is 0 Å². The molecule has 0 saturated heterocycles. The van der Waals surface area contributed by atoms with Crippen molar-refractivity contribution >= 4 is 0 Å². The summed E-state index contributed by atoms with van der Waals surface area (Å²) in [6.07, 6.45) is 0. The van der Waals surface area contributed by atoms with Crippen LogP contribution < -0.4 is 0 Å². The van der Waals surface area contributed by atoms with Crippen LogP contribution in [0.3, 0.4) is 0 Å². The molecule has 80 valence electrons. The lowest BCUT2D eigenvalue weighted by molar-refractivity contribution is 1.46. The van der Waals surface area contributed by atoms with Crippen molar-refractivity contribution in [2.45, 2.75) is 21.8 Å². The van der Waals surface area contributed by atoms with Gasteiger partial charge in [-0.25, -0.2) is 0 Å². The average Bonchev–Trinajstić information content (AvgIpc) is 2.20. The number of aryl methyl sites for hydroxylation is 1. The van der Waals surface area contributed by atoms with Gasteiger partial charge in [0, 0.05) is 0 Å². The predicted molar refractivity (Wildman–Crippen MR) is 70.1 cm³/mol. The molecule has 0 fully saturated rings. The molecule has 0 aromatic heterocycles. The first-order valence-electron chi connectivity index (χ1n) is 4.49. The molecule has 0 radical (unpaired) electrons. The minimum absolute atomic E-state index is 0. The minimum atomic E-state index is 0. The van der Waals surface area contributed by atoms with Gasteiger partial charge in [-0.15, -0.1) is 0 Å². The van der Waals surface area contributed by atoms with Crippen LogP contribution in [-0.2, 0) is 0 Å². The topological polar surface area (TPSA) is 0 Å². The molecule has 0 saturated carbocycles. The second-order valence-electron chi connectivity index (χ2n) is 3.18. The first-order chi connectivity index (χ1) is 6.38. The monoisotopic (exact) mass is 200 g/mol. The molecule has 0 atom stereocenters. The summed E-state index contributed by atoms with van der Waals surface area (Å²) in [5.41, 5.74) is 3.94. The number of hydrogen-bond acceptors (Lipinski definition) is 0. The molecule has 0 unspecified atom stereocenters. The summed E-state index contributed by atoms with van der Waals surface area (Å²) in [6.45, 7) is 2.14. The van der Waals surface area contributed by atoms with E-state index in [1.54, 1.807) is 0 Å².